The highest BCUT2D eigenvalue weighted by Gasteiger charge is 2.15. The van der Waals surface area contributed by atoms with E-state index in [-0.39, 0.29) is 12.5 Å². The van der Waals surface area contributed by atoms with Gasteiger partial charge >= 0.3 is 5.97 Å². The Morgan fingerprint density at radius 3 is 2.84 bits per heavy atom. The van der Waals surface area contributed by atoms with Crippen molar-refractivity contribution in [3.8, 4) is 0 Å². The Bertz CT molecular complexity index is 717. The standard InChI is InChI=1S/C17H21N3O4S/c1-3-4-9-18-15(21)10-23-17(22)13-7-5-6-8-14(13)25-11-16-19-12(2)20-24-16/h5-8H,3-4,9-11H2,1-2H3,(H,18,21). The van der Waals surface area contributed by atoms with Gasteiger partial charge in [-0.25, -0.2) is 4.79 Å². The van der Waals surface area contributed by atoms with Gasteiger partial charge in [-0.2, -0.15) is 4.98 Å². The fourth-order valence-electron chi connectivity index (χ4n) is 1.96. The Balaban J connectivity index is 1.89. The second-order valence-electron chi connectivity index (χ2n) is 5.30. The molecular weight excluding hydrogens is 342 g/mol. The van der Waals surface area contributed by atoms with E-state index in [1.165, 1.54) is 11.8 Å². The van der Waals surface area contributed by atoms with Gasteiger partial charge < -0.3 is 14.6 Å². The molecule has 0 aliphatic carbocycles. The molecule has 0 unspecified atom stereocenters. The number of unbranched alkanes of at least 4 members (excludes halogenated alkanes) is 1. The molecule has 134 valence electrons. The molecule has 0 saturated carbocycles. The van der Waals surface area contributed by atoms with E-state index in [0.717, 1.165) is 17.7 Å². The zero-order chi connectivity index (χ0) is 18.1. The minimum Gasteiger partial charge on any atom is -0.452 e. The predicted molar refractivity (Wildman–Crippen MR) is 93.2 cm³/mol. The van der Waals surface area contributed by atoms with Crippen molar-refractivity contribution in [3.63, 3.8) is 0 Å². The first-order valence-corrected chi connectivity index (χ1v) is 9.03. The van der Waals surface area contributed by atoms with E-state index in [1.807, 2.05) is 19.1 Å². The summed E-state index contributed by atoms with van der Waals surface area (Å²) in [6.07, 6.45) is 1.89. The van der Waals surface area contributed by atoms with Crippen molar-refractivity contribution in [2.24, 2.45) is 0 Å². The molecule has 1 aromatic carbocycles. The molecule has 1 heterocycles. The number of aryl methyl sites for hydroxylation is 1. The van der Waals surface area contributed by atoms with E-state index in [9.17, 15) is 9.59 Å². The van der Waals surface area contributed by atoms with Crippen LogP contribution < -0.4 is 5.32 Å². The number of aromatic nitrogens is 2. The number of hydrogen-bond acceptors (Lipinski definition) is 7. The first-order chi connectivity index (χ1) is 12.1. The largest absolute Gasteiger partial charge is 0.452 e. The lowest BCUT2D eigenvalue weighted by molar-refractivity contribution is -0.124. The number of ether oxygens (including phenoxy) is 1. The van der Waals surface area contributed by atoms with Gasteiger partial charge in [0.1, 0.15) is 0 Å². The molecule has 0 atom stereocenters. The van der Waals surface area contributed by atoms with Gasteiger partial charge in [-0.3, -0.25) is 4.79 Å². The quantitative estimate of drug-likeness (QED) is 0.416. The Morgan fingerprint density at radius 1 is 1.32 bits per heavy atom. The van der Waals surface area contributed by atoms with Crippen LogP contribution in [0.3, 0.4) is 0 Å². The molecule has 1 aromatic heterocycles. The third-order valence-corrected chi connectivity index (χ3v) is 4.27. The molecule has 8 heteroatoms. The summed E-state index contributed by atoms with van der Waals surface area (Å²) in [7, 11) is 0. The van der Waals surface area contributed by atoms with Crippen LogP contribution in [0.25, 0.3) is 0 Å². The summed E-state index contributed by atoms with van der Waals surface area (Å²) in [6.45, 7) is 4.08. The van der Waals surface area contributed by atoms with Crippen LogP contribution in [0.4, 0.5) is 0 Å². The number of carbonyl (C=O) groups is 2. The Morgan fingerprint density at radius 2 is 2.12 bits per heavy atom. The van der Waals surface area contributed by atoms with Crippen LogP contribution in [-0.2, 0) is 15.3 Å². The van der Waals surface area contributed by atoms with Crippen LogP contribution in [0.15, 0.2) is 33.7 Å². The third-order valence-electron chi connectivity index (χ3n) is 3.21. The molecule has 0 spiro atoms. The number of amides is 1. The van der Waals surface area contributed by atoms with Gasteiger partial charge in [0.25, 0.3) is 5.91 Å². The Kier molecular flexibility index (Phi) is 7.46. The molecule has 2 rings (SSSR count). The maximum absolute atomic E-state index is 12.2. The highest BCUT2D eigenvalue weighted by atomic mass is 32.2. The van der Waals surface area contributed by atoms with E-state index >= 15 is 0 Å². The number of nitrogens with zero attached hydrogens (tertiary/aromatic N) is 2. The van der Waals surface area contributed by atoms with Gasteiger partial charge in [-0.15, -0.1) is 11.8 Å². The lowest BCUT2D eigenvalue weighted by Gasteiger charge is -2.09. The molecule has 1 N–H and O–H groups in total. The number of carbonyl (C=O) groups excluding carboxylic acids is 2. The van der Waals surface area contributed by atoms with Crippen molar-refractivity contribution in [1.29, 1.82) is 0 Å². The molecule has 0 aliphatic heterocycles. The van der Waals surface area contributed by atoms with Crippen molar-refractivity contribution < 1.29 is 18.8 Å². The third kappa shape index (κ3) is 6.22. The monoisotopic (exact) mass is 363 g/mol. The molecule has 0 bridgehead atoms. The maximum Gasteiger partial charge on any atom is 0.339 e. The summed E-state index contributed by atoms with van der Waals surface area (Å²) >= 11 is 1.40. The van der Waals surface area contributed by atoms with E-state index < -0.39 is 5.97 Å². The van der Waals surface area contributed by atoms with Crippen LogP contribution in [0.5, 0.6) is 0 Å². The number of hydrogen-bond donors (Lipinski definition) is 1. The summed E-state index contributed by atoms with van der Waals surface area (Å²) in [5, 5.41) is 6.44. The molecule has 1 amide bonds. The lowest BCUT2D eigenvalue weighted by Crippen LogP contribution is -2.29. The minimum absolute atomic E-state index is 0.287. The lowest BCUT2D eigenvalue weighted by atomic mass is 10.2. The SMILES string of the molecule is CCCCNC(=O)COC(=O)c1ccccc1SCc1nc(C)no1. The van der Waals surface area contributed by atoms with Gasteiger partial charge in [0.2, 0.25) is 5.89 Å². The van der Waals surface area contributed by atoms with Gasteiger partial charge in [-0.05, 0) is 25.5 Å². The van der Waals surface area contributed by atoms with Gasteiger partial charge in [-0.1, -0.05) is 30.6 Å². The average Bonchev–Trinajstić information content (AvgIpc) is 3.04. The van der Waals surface area contributed by atoms with Gasteiger partial charge in [0.15, 0.2) is 12.4 Å². The topological polar surface area (TPSA) is 94.3 Å². The fourth-order valence-corrected chi connectivity index (χ4v) is 2.84. The minimum atomic E-state index is -0.532. The molecule has 0 aliphatic rings. The molecule has 7 nitrogen and oxygen atoms in total. The second kappa shape index (κ2) is 9.83. The average molecular weight is 363 g/mol. The van der Waals surface area contributed by atoms with Crippen molar-refractivity contribution in [2.45, 2.75) is 37.3 Å². The van der Waals surface area contributed by atoms with Crippen molar-refractivity contribution in [1.82, 2.24) is 15.5 Å². The van der Waals surface area contributed by atoms with Gasteiger partial charge in [0, 0.05) is 11.4 Å². The Hall–Kier alpha value is -2.35. The Labute approximate surface area is 150 Å². The summed E-state index contributed by atoms with van der Waals surface area (Å²) in [5.74, 6) is 0.671. The normalized spacial score (nSPS) is 10.5. The van der Waals surface area contributed by atoms with Crippen LogP contribution in [-0.4, -0.2) is 35.2 Å². The van der Waals surface area contributed by atoms with Crippen LogP contribution in [0.2, 0.25) is 0 Å². The summed E-state index contributed by atoms with van der Waals surface area (Å²) in [6, 6.07) is 7.05. The van der Waals surface area contributed by atoms with E-state index in [1.54, 1.807) is 19.1 Å². The van der Waals surface area contributed by atoms with Gasteiger partial charge in [0.05, 0.1) is 11.3 Å². The zero-order valence-electron chi connectivity index (χ0n) is 14.3. The smallest absolute Gasteiger partial charge is 0.339 e. The van der Waals surface area contributed by atoms with Crippen LogP contribution in [0, 0.1) is 6.92 Å². The van der Waals surface area contributed by atoms with Crippen LogP contribution in [0.1, 0.15) is 41.8 Å². The molecule has 0 saturated heterocycles. The number of rotatable bonds is 9. The summed E-state index contributed by atoms with van der Waals surface area (Å²) in [4.78, 5) is 28.7. The summed E-state index contributed by atoms with van der Waals surface area (Å²) < 4.78 is 10.2. The van der Waals surface area contributed by atoms with Crippen LogP contribution >= 0.6 is 11.8 Å². The molecule has 2 aromatic rings. The zero-order valence-corrected chi connectivity index (χ0v) is 15.1. The van der Waals surface area contributed by atoms with E-state index in [0.29, 0.717) is 29.6 Å². The molecule has 25 heavy (non-hydrogen) atoms. The summed E-state index contributed by atoms with van der Waals surface area (Å²) in [5.41, 5.74) is 0.407. The number of esters is 1. The molecular formula is C17H21N3O4S. The molecule has 0 fully saturated rings. The van der Waals surface area contributed by atoms with Crippen molar-refractivity contribution in [2.75, 3.05) is 13.2 Å². The maximum atomic E-state index is 12.2. The predicted octanol–water partition coefficient (Wildman–Crippen LogP) is 2.74. The number of thioether (sulfide) groups is 1. The number of benzene rings is 1. The van der Waals surface area contributed by atoms with Crippen molar-refractivity contribution >= 4 is 23.6 Å². The second-order valence-corrected chi connectivity index (χ2v) is 6.32. The highest BCUT2D eigenvalue weighted by molar-refractivity contribution is 7.98. The van der Waals surface area contributed by atoms with E-state index in [2.05, 4.69) is 15.5 Å². The first-order valence-electron chi connectivity index (χ1n) is 8.05. The fraction of sp³-hybridized carbons (Fsp3) is 0.412. The number of nitrogens with one attached hydrogen (secondary N) is 1. The highest BCUT2D eigenvalue weighted by Crippen LogP contribution is 2.26. The van der Waals surface area contributed by atoms with Crippen molar-refractivity contribution in [3.05, 3.63) is 41.5 Å². The first kappa shape index (κ1) is 19.0. The molecule has 0 radical (unpaired) electrons. The van der Waals surface area contributed by atoms with E-state index in [4.69, 9.17) is 9.26 Å².